The average molecular weight is 429 g/mol. The Kier molecular flexibility index (Phi) is 5.35. The SMILES string of the molecule is Cn1cc2c(n1)[C@H](C(=O)NCc1ccccn1)CN(S(=O)(=O)c1ccc(F)cc1)C2. The lowest BCUT2D eigenvalue weighted by atomic mass is 9.97. The monoisotopic (exact) mass is 429 g/mol. The van der Waals surface area contributed by atoms with Crippen LogP contribution in [-0.4, -0.2) is 39.9 Å². The first kappa shape index (κ1) is 20.2. The number of pyridine rings is 1. The first-order chi connectivity index (χ1) is 14.3. The molecule has 0 unspecified atom stereocenters. The van der Waals surface area contributed by atoms with Crippen LogP contribution in [0.2, 0.25) is 0 Å². The van der Waals surface area contributed by atoms with E-state index in [4.69, 9.17) is 0 Å². The van der Waals surface area contributed by atoms with E-state index < -0.39 is 21.8 Å². The molecule has 10 heteroatoms. The standard InChI is InChI=1S/C20H20FN5O3S/c1-25-11-14-12-26(30(28,29)17-7-5-15(21)6-8-17)13-18(19(14)24-25)20(27)23-10-16-4-2-3-9-22-16/h2-9,11,18H,10,12-13H2,1H3,(H,23,27)/t18-/m1/s1. The molecule has 1 atom stereocenters. The minimum absolute atomic E-state index is 0.0242. The number of fused-ring (bicyclic) bond motifs is 1. The van der Waals surface area contributed by atoms with Crippen molar-refractivity contribution in [2.24, 2.45) is 7.05 Å². The van der Waals surface area contributed by atoms with E-state index in [2.05, 4.69) is 15.4 Å². The third-order valence-corrected chi connectivity index (χ3v) is 6.76. The molecule has 1 N–H and O–H groups in total. The predicted octanol–water partition coefficient (Wildman–Crippen LogP) is 1.56. The van der Waals surface area contributed by atoms with Gasteiger partial charge in [-0.1, -0.05) is 6.07 Å². The fourth-order valence-corrected chi connectivity index (χ4v) is 4.90. The van der Waals surface area contributed by atoms with E-state index in [1.165, 1.54) is 16.4 Å². The van der Waals surface area contributed by atoms with Gasteiger partial charge in [0.15, 0.2) is 0 Å². The van der Waals surface area contributed by atoms with Crippen LogP contribution >= 0.6 is 0 Å². The van der Waals surface area contributed by atoms with Crippen molar-refractivity contribution in [1.29, 1.82) is 0 Å². The third kappa shape index (κ3) is 3.96. The van der Waals surface area contributed by atoms with Crippen molar-refractivity contribution in [2.45, 2.75) is 23.9 Å². The van der Waals surface area contributed by atoms with Crippen LogP contribution in [0.15, 0.2) is 59.8 Å². The normalized spacial score (nSPS) is 16.8. The second-order valence-electron chi connectivity index (χ2n) is 7.06. The Morgan fingerprint density at radius 2 is 2.00 bits per heavy atom. The summed E-state index contributed by atoms with van der Waals surface area (Å²) in [5.41, 5.74) is 1.91. The number of carbonyl (C=O) groups is 1. The summed E-state index contributed by atoms with van der Waals surface area (Å²) in [6, 6.07) is 10.0. The number of hydrogen-bond acceptors (Lipinski definition) is 5. The van der Waals surface area contributed by atoms with Crippen LogP contribution < -0.4 is 5.32 Å². The molecular weight excluding hydrogens is 409 g/mol. The molecule has 4 rings (SSSR count). The van der Waals surface area contributed by atoms with Crippen LogP contribution in [0.3, 0.4) is 0 Å². The zero-order valence-corrected chi connectivity index (χ0v) is 17.0. The zero-order chi connectivity index (χ0) is 21.3. The molecule has 0 bridgehead atoms. The van der Waals surface area contributed by atoms with E-state index in [9.17, 15) is 17.6 Å². The summed E-state index contributed by atoms with van der Waals surface area (Å²) >= 11 is 0. The second-order valence-corrected chi connectivity index (χ2v) is 8.99. The number of carbonyl (C=O) groups excluding carboxylic acids is 1. The highest BCUT2D eigenvalue weighted by Gasteiger charge is 2.38. The number of nitrogens with zero attached hydrogens (tertiary/aromatic N) is 4. The summed E-state index contributed by atoms with van der Waals surface area (Å²) in [7, 11) is -2.19. The van der Waals surface area contributed by atoms with Crippen molar-refractivity contribution >= 4 is 15.9 Å². The molecule has 3 aromatic rings. The van der Waals surface area contributed by atoms with E-state index in [0.717, 1.165) is 12.1 Å². The molecule has 3 heterocycles. The second kappa shape index (κ2) is 7.96. The Hall–Kier alpha value is -3.11. The minimum atomic E-state index is -3.91. The van der Waals surface area contributed by atoms with Crippen molar-refractivity contribution in [3.63, 3.8) is 0 Å². The number of sulfonamides is 1. The zero-order valence-electron chi connectivity index (χ0n) is 16.2. The van der Waals surface area contributed by atoms with Gasteiger partial charge in [-0.15, -0.1) is 0 Å². The van der Waals surface area contributed by atoms with Gasteiger partial charge >= 0.3 is 0 Å². The predicted molar refractivity (Wildman–Crippen MR) is 106 cm³/mol. The van der Waals surface area contributed by atoms with Gasteiger partial charge in [0, 0.05) is 38.1 Å². The van der Waals surface area contributed by atoms with E-state index in [0.29, 0.717) is 17.0 Å². The first-order valence-electron chi connectivity index (χ1n) is 9.30. The van der Waals surface area contributed by atoms with E-state index in [-0.39, 0.29) is 30.4 Å². The molecule has 156 valence electrons. The average Bonchev–Trinajstić information content (AvgIpc) is 3.12. The summed E-state index contributed by atoms with van der Waals surface area (Å²) < 4.78 is 42.2. The maximum atomic E-state index is 13.2. The summed E-state index contributed by atoms with van der Waals surface area (Å²) in [4.78, 5) is 17.1. The molecular formula is C20H20FN5O3S. The number of aromatic nitrogens is 3. The highest BCUT2D eigenvalue weighted by molar-refractivity contribution is 7.89. The number of rotatable bonds is 5. The molecule has 1 aliphatic heterocycles. The molecule has 30 heavy (non-hydrogen) atoms. The largest absolute Gasteiger partial charge is 0.350 e. The molecule has 0 saturated carbocycles. The van der Waals surface area contributed by atoms with Gasteiger partial charge in [0.1, 0.15) is 5.82 Å². The van der Waals surface area contributed by atoms with E-state index in [1.54, 1.807) is 36.3 Å². The molecule has 0 saturated heterocycles. The summed E-state index contributed by atoms with van der Waals surface area (Å²) in [6.07, 6.45) is 3.34. The molecule has 1 aromatic carbocycles. The summed E-state index contributed by atoms with van der Waals surface area (Å²) in [5, 5.41) is 7.19. The minimum Gasteiger partial charge on any atom is -0.350 e. The van der Waals surface area contributed by atoms with Gasteiger partial charge in [-0.25, -0.2) is 12.8 Å². The Morgan fingerprint density at radius 1 is 1.23 bits per heavy atom. The smallest absolute Gasteiger partial charge is 0.243 e. The van der Waals surface area contributed by atoms with Crippen molar-refractivity contribution < 1.29 is 17.6 Å². The van der Waals surface area contributed by atoms with Gasteiger partial charge < -0.3 is 5.32 Å². The van der Waals surface area contributed by atoms with Gasteiger partial charge in [0.25, 0.3) is 0 Å². The molecule has 1 amide bonds. The van der Waals surface area contributed by atoms with E-state index in [1.807, 2.05) is 6.07 Å². The summed E-state index contributed by atoms with van der Waals surface area (Å²) in [5.74, 6) is -1.62. The lowest BCUT2D eigenvalue weighted by Gasteiger charge is -2.30. The van der Waals surface area contributed by atoms with Gasteiger partial charge in [-0.2, -0.15) is 9.40 Å². The van der Waals surface area contributed by atoms with Crippen LogP contribution in [0.5, 0.6) is 0 Å². The molecule has 1 aliphatic rings. The lowest BCUT2D eigenvalue weighted by Crippen LogP contribution is -2.43. The fraction of sp³-hybridized carbons (Fsp3) is 0.250. The molecule has 0 aliphatic carbocycles. The van der Waals surface area contributed by atoms with E-state index >= 15 is 0 Å². The van der Waals surface area contributed by atoms with Gasteiger partial charge in [0.05, 0.1) is 28.7 Å². The Bertz CT molecular complexity index is 1160. The number of halogens is 1. The van der Waals surface area contributed by atoms with Crippen molar-refractivity contribution in [3.05, 3.63) is 77.6 Å². The Labute approximate surface area is 173 Å². The van der Waals surface area contributed by atoms with Crippen LogP contribution in [0.4, 0.5) is 4.39 Å². The first-order valence-corrected chi connectivity index (χ1v) is 10.7. The quantitative estimate of drug-likeness (QED) is 0.664. The molecule has 0 radical (unpaired) electrons. The molecule has 2 aromatic heterocycles. The maximum absolute atomic E-state index is 13.2. The van der Waals surface area contributed by atoms with Gasteiger partial charge in [0.2, 0.25) is 15.9 Å². The number of amides is 1. The Morgan fingerprint density at radius 3 is 2.70 bits per heavy atom. The maximum Gasteiger partial charge on any atom is 0.243 e. The van der Waals surface area contributed by atoms with Crippen molar-refractivity contribution in [1.82, 2.24) is 24.4 Å². The van der Waals surface area contributed by atoms with Crippen molar-refractivity contribution in [2.75, 3.05) is 6.54 Å². The van der Waals surface area contributed by atoms with Crippen molar-refractivity contribution in [3.8, 4) is 0 Å². The Balaban J connectivity index is 1.60. The molecule has 0 fully saturated rings. The fourth-order valence-electron chi connectivity index (χ4n) is 3.46. The number of nitrogens with one attached hydrogen (secondary N) is 1. The van der Waals surface area contributed by atoms with Crippen LogP contribution in [0.1, 0.15) is 22.9 Å². The summed E-state index contributed by atoms with van der Waals surface area (Å²) in [6.45, 7) is 0.258. The van der Waals surface area contributed by atoms with Crippen LogP contribution in [0.25, 0.3) is 0 Å². The highest BCUT2D eigenvalue weighted by atomic mass is 32.2. The van der Waals surface area contributed by atoms with Gasteiger partial charge in [-0.3, -0.25) is 14.5 Å². The molecule has 8 nitrogen and oxygen atoms in total. The molecule has 0 spiro atoms. The van der Waals surface area contributed by atoms with Gasteiger partial charge in [-0.05, 0) is 36.4 Å². The topological polar surface area (TPSA) is 97.2 Å². The highest BCUT2D eigenvalue weighted by Crippen LogP contribution is 2.31. The van der Waals surface area contributed by atoms with Crippen LogP contribution in [0, 0.1) is 5.82 Å². The third-order valence-electron chi connectivity index (χ3n) is 4.94. The lowest BCUT2D eigenvalue weighted by molar-refractivity contribution is -0.123. The van der Waals surface area contributed by atoms with Crippen LogP contribution in [-0.2, 0) is 35.0 Å². The number of aryl methyl sites for hydroxylation is 1. The number of benzene rings is 1. The number of hydrogen-bond donors (Lipinski definition) is 1.